The van der Waals surface area contributed by atoms with Gasteiger partial charge in [0.1, 0.15) is 0 Å². The lowest BCUT2D eigenvalue weighted by atomic mass is 10.1. The van der Waals surface area contributed by atoms with E-state index in [1.807, 2.05) is 54.6 Å². The summed E-state index contributed by atoms with van der Waals surface area (Å²) in [6.07, 6.45) is 2.61. The first-order valence-corrected chi connectivity index (χ1v) is 7.69. The zero-order valence-corrected chi connectivity index (χ0v) is 12.5. The van der Waals surface area contributed by atoms with Crippen LogP contribution < -0.4 is 16.4 Å². The summed E-state index contributed by atoms with van der Waals surface area (Å²) in [5.41, 5.74) is 8.66. The minimum atomic E-state index is 0.0424. The third-order valence-electron chi connectivity index (χ3n) is 4.04. The third kappa shape index (κ3) is 3.65. The number of rotatable bonds is 4. The molecule has 1 amide bonds. The molecule has 4 N–H and O–H groups in total. The molecule has 0 spiro atoms. The van der Waals surface area contributed by atoms with E-state index in [9.17, 15) is 4.79 Å². The maximum absolute atomic E-state index is 12.2. The summed E-state index contributed by atoms with van der Waals surface area (Å²) in [6.45, 7) is 0. The first-order valence-electron chi connectivity index (χ1n) is 7.69. The van der Waals surface area contributed by atoms with E-state index in [1.165, 1.54) is 0 Å². The van der Waals surface area contributed by atoms with Gasteiger partial charge >= 0.3 is 0 Å². The molecule has 0 heterocycles. The molecule has 0 saturated heterocycles. The van der Waals surface area contributed by atoms with E-state index in [0.717, 1.165) is 36.3 Å². The van der Waals surface area contributed by atoms with Crippen molar-refractivity contribution in [2.75, 3.05) is 10.6 Å². The number of anilines is 3. The highest BCUT2D eigenvalue weighted by Gasteiger charge is 2.27. The predicted molar refractivity (Wildman–Crippen MR) is 90.1 cm³/mol. The standard InChI is InChI=1S/C18H21N3O/c19-14-10-9-13(11-14)18(22)21-17-8-4-7-16(12-17)20-15-5-2-1-3-6-15/h1-8,12-14,20H,9-11,19H2,(H,21,22). The molecule has 2 atom stereocenters. The number of carbonyl (C=O) groups is 1. The van der Waals surface area contributed by atoms with Crippen LogP contribution in [0.15, 0.2) is 54.6 Å². The van der Waals surface area contributed by atoms with Crippen molar-refractivity contribution in [2.45, 2.75) is 25.3 Å². The van der Waals surface area contributed by atoms with E-state index >= 15 is 0 Å². The van der Waals surface area contributed by atoms with Crippen LogP contribution in [0.4, 0.5) is 17.1 Å². The monoisotopic (exact) mass is 295 g/mol. The molecular formula is C18H21N3O. The average molecular weight is 295 g/mol. The van der Waals surface area contributed by atoms with E-state index < -0.39 is 0 Å². The molecule has 0 radical (unpaired) electrons. The number of hydrogen-bond acceptors (Lipinski definition) is 3. The topological polar surface area (TPSA) is 67.2 Å². The van der Waals surface area contributed by atoms with Crippen LogP contribution >= 0.6 is 0 Å². The molecule has 0 aromatic heterocycles. The van der Waals surface area contributed by atoms with E-state index in [0.29, 0.717) is 0 Å². The Morgan fingerprint density at radius 2 is 1.68 bits per heavy atom. The highest BCUT2D eigenvalue weighted by molar-refractivity contribution is 5.93. The maximum Gasteiger partial charge on any atom is 0.227 e. The molecule has 0 aliphatic heterocycles. The van der Waals surface area contributed by atoms with Crippen molar-refractivity contribution in [3.63, 3.8) is 0 Å². The van der Waals surface area contributed by atoms with Crippen molar-refractivity contribution in [1.82, 2.24) is 0 Å². The van der Waals surface area contributed by atoms with E-state index in [4.69, 9.17) is 5.73 Å². The van der Waals surface area contributed by atoms with Crippen LogP contribution in [0.1, 0.15) is 19.3 Å². The van der Waals surface area contributed by atoms with Gasteiger partial charge in [0.15, 0.2) is 0 Å². The Morgan fingerprint density at radius 3 is 2.41 bits per heavy atom. The quantitative estimate of drug-likeness (QED) is 0.808. The highest BCUT2D eigenvalue weighted by Crippen LogP contribution is 2.26. The van der Waals surface area contributed by atoms with Gasteiger partial charge in [-0.25, -0.2) is 0 Å². The second-order valence-corrected chi connectivity index (χ2v) is 5.83. The normalized spacial score (nSPS) is 20.6. The van der Waals surface area contributed by atoms with Gasteiger partial charge in [-0.1, -0.05) is 24.3 Å². The van der Waals surface area contributed by atoms with Crippen LogP contribution in [0.25, 0.3) is 0 Å². The Balaban J connectivity index is 1.65. The molecule has 0 bridgehead atoms. The van der Waals surface area contributed by atoms with Crippen molar-refractivity contribution in [1.29, 1.82) is 0 Å². The van der Waals surface area contributed by atoms with Crippen LogP contribution in [-0.4, -0.2) is 11.9 Å². The minimum absolute atomic E-state index is 0.0424. The summed E-state index contributed by atoms with van der Waals surface area (Å²) < 4.78 is 0. The Morgan fingerprint density at radius 1 is 0.955 bits per heavy atom. The minimum Gasteiger partial charge on any atom is -0.355 e. The fraction of sp³-hybridized carbons (Fsp3) is 0.278. The molecule has 22 heavy (non-hydrogen) atoms. The number of hydrogen-bond donors (Lipinski definition) is 3. The molecule has 2 unspecified atom stereocenters. The predicted octanol–water partition coefficient (Wildman–Crippen LogP) is 3.50. The molecule has 3 rings (SSSR count). The zero-order valence-electron chi connectivity index (χ0n) is 12.5. The molecule has 1 fully saturated rings. The molecule has 4 heteroatoms. The number of benzene rings is 2. The molecule has 114 valence electrons. The SMILES string of the molecule is NC1CCC(C(=O)Nc2cccc(Nc3ccccc3)c2)C1. The molecule has 1 saturated carbocycles. The van der Waals surface area contributed by atoms with Gasteiger partial charge in [0.25, 0.3) is 0 Å². The Labute approximate surface area is 130 Å². The largest absolute Gasteiger partial charge is 0.355 e. The molecule has 2 aromatic rings. The molecule has 1 aliphatic carbocycles. The van der Waals surface area contributed by atoms with Crippen LogP contribution in [0.5, 0.6) is 0 Å². The first kappa shape index (κ1) is 14.6. The molecule has 1 aliphatic rings. The van der Waals surface area contributed by atoms with Gasteiger partial charge < -0.3 is 16.4 Å². The van der Waals surface area contributed by atoms with Gasteiger partial charge in [-0.15, -0.1) is 0 Å². The van der Waals surface area contributed by atoms with E-state index in [-0.39, 0.29) is 17.9 Å². The lowest BCUT2D eigenvalue weighted by Crippen LogP contribution is -2.23. The molecule has 4 nitrogen and oxygen atoms in total. The number of amides is 1. The van der Waals surface area contributed by atoms with Crippen molar-refractivity contribution < 1.29 is 4.79 Å². The number of para-hydroxylation sites is 1. The summed E-state index contributed by atoms with van der Waals surface area (Å²) in [7, 11) is 0. The summed E-state index contributed by atoms with van der Waals surface area (Å²) in [5.74, 6) is 0.116. The van der Waals surface area contributed by atoms with Gasteiger partial charge in [-0.05, 0) is 49.6 Å². The van der Waals surface area contributed by atoms with Crippen LogP contribution in [0, 0.1) is 5.92 Å². The maximum atomic E-state index is 12.2. The fourth-order valence-electron chi connectivity index (χ4n) is 2.86. The lowest BCUT2D eigenvalue weighted by Gasteiger charge is -2.12. The Kier molecular flexibility index (Phi) is 4.39. The summed E-state index contributed by atoms with van der Waals surface area (Å²) in [5, 5.41) is 6.32. The van der Waals surface area contributed by atoms with Gasteiger partial charge in [-0.2, -0.15) is 0 Å². The number of carbonyl (C=O) groups excluding carboxylic acids is 1. The van der Waals surface area contributed by atoms with Gasteiger partial charge in [0.05, 0.1) is 0 Å². The summed E-state index contributed by atoms with van der Waals surface area (Å²) in [4.78, 5) is 12.2. The van der Waals surface area contributed by atoms with Gasteiger partial charge in [0, 0.05) is 29.0 Å². The van der Waals surface area contributed by atoms with Gasteiger partial charge in [-0.3, -0.25) is 4.79 Å². The Hall–Kier alpha value is -2.33. The fourth-order valence-corrected chi connectivity index (χ4v) is 2.86. The average Bonchev–Trinajstić information content (AvgIpc) is 2.95. The van der Waals surface area contributed by atoms with Crippen LogP contribution in [0.2, 0.25) is 0 Å². The number of nitrogens with one attached hydrogen (secondary N) is 2. The van der Waals surface area contributed by atoms with Gasteiger partial charge in [0.2, 0.25) is 5.91 Å². The smallest absolute Gasteiger partial charge is 0.227 e. The Bertz CT molecular complexity index is 642. The van der Waals surface area contributed by atoms with Crippen LogP contribution in [0.3, 0.4) is 0 Å². The van der Waals surface area contributed by atoms with E-state index in [2.05, 4.69) is 10.6 Å². The van der Waals surface area contributed by atoms with Crippen molar-refractivity contribution in [3.05, 3.63) is 54.6 Å². The highest BCUT2D eigenvalue weighted by atomic mass is 16.1. The molecule has 2 aromatic carbocycles. The first-order chi connectivity index (χ1) is 10.7. The lowest BCUT2D eigenvalue weighted by molar-refractivity contribution is -0.119. The second kappa shape index (κ2) is 6.62. The third-order valence-corrected chi connectivity index (χ3v) is 4.04. The zero-order chi connectivity index (χ0) is 15.4. The van der Waals surface area contributed by atoms with Crippen molar-refractivity contribution in [2.24, 2.45) is 11.7 Å². The molecular weight excluding hydrogens is 274 g/mol. The second-order valence-electron chi connectivity index (χ2n) is 5.83. The van der Waals surface area contributed by atoms with Crippen LogP contribution in [-0.2, 0) is 4.79 Å². The summed E-state index contributed by atoms with van der Waals surface area (Å²) in [6, 6.07) is 17.9. The number of nitrogens with two attached hydrogens (primary N) is 1. The van der Waals surface area contributed by atoms with Crippen molar-refractivity contribution in [3.8, 4) is 0 Å². The van der Waals surface area contributed by atoms with Crippen molar-refractivity contribution >= 4 is 23.0 Å². The summed E-state index contributed by atoms with van der Waals surface area (Å²) >= 11 is 0. The van der Waals surface area contributed by atoms with E-state index in [1.54, 1.807) is 0 Å².